The van der Waals surface area contributed by atoms with E-state index in [-0.39, 0.29) is 17.9 Å². The molecule has 0 radical (unpaired) electrons. The van der Waals surface area contributed by atoms with Crippen LogP contribution < -0.4 is 10.6 Å². The molecule has 0 bridgehead atoms. The number of amides is 2. The molecule has 0 saturated heterocycles. The van der Waals surface area contributed by atoms with E-state index >= 15 is 0 Å². The fourth-order valence-electron chi connectivity index (χ4n) is 1.07. The van der Waals surface area contributed by atoms with E-state index in [1.165, 1.54) is 25.4 Å². The average Bonchev–Trinajstić information content (AvgIpc) is 2.36. The van der Waals surface area contributed by atoms with Crippen LogP contribution in [0.1, 0.15) is 10.5 Å². The Hall–Kier alpha value is -2.64. The number of carboxylic acid groups (broad SMARTS) is 1. The second-order valence-corrected chi connectivity index (χ2v) is 3.09. The Morgan fingerprint density at radius 2 is 2.17 bits per heavy atom. The molecule has 0 saturated carbocycles. The van der Waals surface area contributed by atoms with E-state index in [9.17, 15) is 14.4 Å². The first-order valence-electron chi connectivity index (χ1n) is 4.84. The molecule has 96 valence electrons. The molecule has 0 aliphatic heterocycles. The Morgan fingerprint density at radius 1 is 1.44 bits per heavy atom. The smallest absolute Gasteiger partial charge is 0.356 e. The summed E-state index contributed by atoms with van der Waals surface area (Å²) in [6, 6.07) is 2.13. The van der Waals surface area contributed by atoms with Crippen LogP contribution in [0.4, 0.5) is 10.5 Å². The molecule has 3 N–H and O–H groups in total. The average molecular weight is 253 g/mol. The molecule has 0 fully saturated rings. The third kappa shape index (κ3) is 3.74. The first-order chi connectivity index (χ1) is 8.54. The van der Waals surface area contributed by atoms with Crippen LogP contribution in [0, 0.1) is 0 Å². The van der Waals surface area contributed by atoms with Crippen LogP contribution in [0.3, 0.4) is 0 Å². The number of nitrogens with zero attached hydrogens (tertiary/aromatic N) is 1. The van der Waals surface area contributed by atoms with Gasteiger partial charge in [0, 0.05) is 6.20 Å². The molecule has 2 amide bonds. The molecule has 1 rings (SSSR count). The molecule has 0 atom stereocenters. The normalized spacial score (nSPS) is 9.39. The second kappa shape index (κ2) is 6.18. The fraction of sp³-hybridized carbons (Fsp3) is 0.200. The highest BCUT2D eigenvalue weighted by atomic mass is 16.5. The number of hydrogen-bond acceptors (Lipinski definition) is 5. The number of methoxy groups -OCH3 is 1. The third-order valence-corrected chi connectivity index (χ3v) is 1.88. The van der Waals surface area contributed by atoms with Crippen LogP contribution in [0.25, 0.3) is 0 Å². The topological polar surface area (TPSA) is 118 Å². The zero-order valence-corrected chi connectivity index (χ0v) is 9.47. The molecular weight excluding hydrogens is 242 g/mol. The van der Waals surface area contributed by atoms with E-state index in [1.807, 2.05) is 0 Å². The van der Waals surface area contributed by atoms with Gasteiger partial charge in [-0.15, -0.1) is 0 Å². The maximum Gasteiger partial charge on any atom is 0.356 e. The summed E-state index contributed by atoms with van der Waals surface area (Å²) in [4.78, 5) is 36.5. The Kier molecular flexibility index (Phi) is 4.61. The van der Waals surface area contributed by atoms with Crippen molar-refractivity contribution in [3.8, 4) is 0 Å². The monoisotopic (exact) mass is 253 g/mol. The lowest BCUT2D eigenvalue weighted by Gasteiger charge is -2.08. The van der Waals surface area contributed by atoms with Gasteiger partial charge in [-0.05, 0) is 12.1 Å². The Labute approximate surface area is 102 Å². The summed E-state index contributed by atoms with van der Waals surface area (Å²) in [7, 11) is 1.19. The van der Waals surface area contributed by atoms with Crippen LogP contribution in [-0.2, 0) is 9.53 Å². The summed E-state index contributed by atoms with van der Waals surface area (Å²) in [5.74, 6) is -1.88. The highest BCUT2D eigenvalue weighted by Gasteiger charge is 2.13. The van der Waals surface area contributed by atoms with Gasteiger partial charge in [0.05, 0.1) is 12.8 Å². The van der Waals surface area contributed by atoms with Crippen molar-refractivity contribution in [1.29, 1.82) is 0 Å². The van der Waals surface area contributed by atoms with Crippen molar-refractivity contribution in [3.63, 3.8) is 0 Å². The molecule has 0 aliphatic carbocycles. The molecule has 0 spiro atoms. The SMILES string of the molecule is COC(=O)CNC(=O)Nc1cccnc1C(=O)O. The van der Waals surface area contributed by atoms with E-state index in [1.54, 1.807) is 0 Å². The van der Waals surface area contributed by atoms with Crippen LogP contribution in [0.2, 0.25) is 0 Å². The van der Waals surface area contributed by atoms with Crippen molar-refractivity contribution >= 4 is 23.7 Å². The molecule has 0 aliphatic rings. The van der Waals surface area contributed by atoms with E-state index in [0.29, 0.717) is 0 Å². The molecule has 1 heterocycles. The van der Waals surface area contributed by atoms with Gasteiger partial charge in [-0.25, -0.2) is 14.6 Å². The summed E-state index contributed by atoms with van der Waals surface area (Å²) < 4.78 is 4.32. The number of aromatic carboxylic acids is 1. The highest BCUT2D eigenvalue weighted by molar-refractivity contribution is 5.99. The Bertz CT molecular complexity index is 474. The minimum absolute atomic E-state index is 0.0346. The number of pyridine rings is 1. The number of rotatable bonds is 4. The van der Waals surface area contributed by atoms with Gasteiger partial charge in [0.15, 0.2) is 5.69 Å². The molecule has 8 nitrogen and oxygen atoms in total. The van der Waals surface area contributed by atoms with Crippen molar-refractivity contribution in [2.75, 3.05) is 19.0 Å². The van der Waals surface area contributed by atoms with Crippen molar-refractivity contribution in [1.82, 2.24) is 10.3 Å². The Morgan fingerprint density at radius 3 is 2.78 bits per heavy atom. The molecule has 8 heteroatoms. The van der Waals surface area contributed by atoms with Gasteiger partial charge in [-0.1, -0.05) is 0 Å². The number of aromatic nitrogens is 1. The number of esters is 1. The summed E-state index contributed by atoms with van der Waals surface area (Å²) in [6.07, 6.45) is 1.29. The number of hydrogen-bond donors (Lipinski definition) is 3. The molecular formula is C10H11N3O5. The van der Waals surface area contributed by atoms with Crippen LogP contribution in [0.15, 0.2) is 18.3 Å². The largest absolute Gasteiger partial charge is 0.476 e. The molecule has 0 unspecified atom stereocenters. The number of carbonyl (C=O) groups is 3. The Balaban J connectivity index is 2.65. The first-order valence-corrected chi connectivity index (χ1v) is 4.84. The lowest BCUT2D eigenvalue weighted by molar-refractivity contribution is -0.139. The van der Waals surface area contributed by atoms with Gasteiger partial charge in [-0.3, -0.25) is 4.79 Å². The number of ether oxygens (including phenoxy) is 1. The van der Waals surface area contributed by atoms with E-state index in [0.717, 1.165) is 0 Å². The van der Waals surface area contributed by atoms with Crippen molar-refractivity contribution in [2.45, 2.75) is 0 Å². The zero-order valence-electron chi connectivity index (χ0n) is 9.47. The summed E-state index contributed by atoms with van der Waals surface area (Å²) in [6.45, 7) is -0.314. The van der Waals surface area contributed by atoms with E-state index in [4.69, 9.17) is 5.11 Å². The third-order valence-electron chi connectivity index (χ3n) is 1.88. The zero-order chi connectivity index (χ0) is 13.5. The van der Waals surface area contributed by atoms with Gasteiger partial charge in [0.2, 0.25) is 0 Å². The van der Waals surface area contributed by atoms with Crippen molar-refractivity contribution < 1.29 is 24.2 Å². The standard InChI is InChI=1S/C10H11N3O5/c1-18-7(14)5-12-10(17)13-6-3-2-4-11-8(6)9(15)16/h2-4H,5H2,1H3,(H,15,16)(H2,12,13,17). The molecule has 1 aromatic rings. The van der Waals surface area contributed by atoms with Crippen molar-refractivity contribution in [2.24, 2.45) is 0 Å². The van der Waals surface area contributed by atoms with E-state index in [2.05, 4.69) is 20.4 Å². The summed E-state index contributed by atoms with van der Waals surface area (Å²) in [5, 5.41) is 13.3. The van der Waals surface area contributed by atoms with Gasteiger partial charge in [0.1, 0.15) is 6.54 Å². The van der Waals surface area contributed by atoms with Crippen LogP contribution in [0.5, 0.6) is 0 Å². The van der Waals surface area contributed by atoms with Crippen molar-refractivity contribution in [3.05, 3.63) is 24.0 Å². The number of nitrogens with one attached hydrogen (secondary N) is 2. The fourth-order valence-corrected chi connectivity index (χ4v) is 1.07. The lowest BCUT2D eigenvalue weighted by Crippen LogP contribution is -2.34. The predicted molar refractivity (Wildman–Crippen MR) is 60.2 cm³/mol. The number of urea groups is 1. The van der Waals surface area contributed by atoms with Crippen LogP contribution in [-0.4, -0.2) is 41.7 Å². The minimum Gasteiger partial charge on any atom is -0.476 e. The minimum atomic E-state index is -1.26. The van der Waals surface area contributed by atoms with Crippen LogP contribution >= 0.6 is 0 Å². The molecule has 1 aromatic heterocycles. The second-order valence-electron chi connectivity index (χ2n) is 3.09. The number of carboxylic acids is 1. The summed E-state index contributed by atoms with van der Waals surface area (Å²) >= 11 is 0. The number of carbonyl (C=O) groups excluding carboxylic acids is 2. The first kappa shape index (κ1) is 13.4. The van der Waals surface area contributed by atoms with Gasteiger partial charge < -0.3 is 20.5 Å². The maximum atomic E-state index is 11.4. The van der Waals surface area contributed by atoms with E-state index < -0.39 is 18.0 Å². The number of anilines is 1. The van der Waals surface area contributed by atoms with Gasteiger partial charge in [-0.2, -0.15) is 0 Å². The van der Waals surface area contributed by atoms with Gasteiger partial charge >= 0.3 is 18.0 Å². The maximum absolute atomic E-state index is 11.4. The van der Waals surface area contributed by atoms with Gasteiger partial charge in [0.25, 0.3) is 0 Å². The molecule has 18 heavy (non-hydrogen) atoms. The quantitative estimate of drug-likeness (QED) is 0.654. The molecule has 0 aromatic carbocycles. The lowest BCUT2D eigenvalue weighted by atomic mass is 10.3. The predicted octanol–water partition coefficient (Wildman–Crippen LogP) is 0.0743. The highest BCUT2D eigenvalue weighted by Crippen LogP contribution is 2.11. The summed E-state index contributed by atoms with van der Waals surface area (Å²) in [5.41, 5.74) is -0.252.